The van der Waals surface area contributed by atoms with E-state index in [0.717, 1.165) is 10.9 Å². The maximum Gasteiger partial charge on any atom is 0.0969 e. The number of rotatable bonds is 0. The lowest BCUT2D eigenvalue weighted by molar-refractivity contribution is 0.896. The van der Waals surface area contributed by atoms with Gasteiger partial charge >= 0.3 is 0 Å². The largest absolute Gasteiger partial charge is 0.138 e. The van der Waals surface area contributed by atoms with Crippen LogP contribution in [-0.2, 0) is 0 Å². The quantitative estimate of drug-likeness (QED) is 0.393. The second-order valence-electron chi connectivity index (χ2n) is 5.59. The summed E-state index contributed by atoms with van der Waals surface area (Å²) in [7, 11) is 0. The van der Waals surface area contributed by atoms with Crippen molar-refractivity contribution in [3.63, 3.8) is 0 Å². The van der Waals surface area contributed by atoms with Gasteiger partial charge in [-0.1, -0.05) is 24.3 Å². The van der Waals surface area contributed by atoms with E-state index < -0.39 is 0 Å². The van der Waals surface area contributed by atoms with Gasteiger partial charge in [-0.25, -0.2) is 0 Å². The van der Waals surface area contributed by atoms with Crippen molar-refractivity contribution >= 4 is 43.2 Å². The van der Waals surface area contributed by atoms with Gasteiger partial charge in [0.25, 0.3) is 0 Å². The molecule has 0 fully saturated rings. The molecule has 3 heteroatoms. The van der Waals surface area contributed by atoms with Gasteiger partial charge in [0.2, 0.25) is 0 Å². The van der Waals surface area contributed by atoms with Crippen LogP contribution < -0.4 is 0 Å². The average Bonchev–Trinajstić information content (AvgIpc) is 2.56. The molecule has 1 aromatic heterocycles. The molecule has 0 radical (unpaired) electrons. The molecule has 0 aliphatic rings. The fourth-order valence-electron chi connectivity index (χ4n) is 3.10. The predicted octanol–water partition coefficient (Wildman–Crippen LogP) is 4.48. The van der Waals surface area contributed by atoms with E-state index in [-0.39, 0.29) is 0 Å². The minimum absolute atomic E-state index is 0.877. The fourth-order valence-corrected chi connectivity index (χ4v) is 3.10. The van der Waals surface area contributed by atoms with E-state index in [4.69, 9.17) is 0 Å². The van der Waals surface area contributed by atoms with Gasteiger partial charge in [0.15, 0.2) is 0 Å². The topological polar surface area (TPSA) is 38.7 Å². The average molecular weight is 281 g/mol. The molecule has 0 saturated carbocycles. The van der Waals surface area contributed by atoms with Gasteiger partial charge in [-0.15, -0.1) is 10.2 Å². The molecular weight excluding hydrogens is 270 g/mol. The smallest absolute Gasteiger partial charge is 0.0969 e. The molecule has 0 saturated heterocycles. The summed E-state index contributed by atoms with van der Waals surface area (Å²) in [6.45, 7) is 0. The van der Waals surface area contributed by atoms with Crippen molar-refractivity contribution in [1.29, 1.82) is 0 Å². The zero-order valence-corrected chi connectivity index (χ0v) is 11.7. The van der Waals surface area contributed by atoms with Crippen LogP contribution in [0.15, 0.2) is 66.9 Å². The van der Waals surface area contributed by atoms with Crippen LogP contribution in [0.25, 0.3) is 43.2 Å². The van der Waals surface area contributed by atoms with Gasteiger partial charge in [0, 0.05) is 5.39 Å². The molecule has 3 nitrogen and oxygen atoms in total. The van der Waals surface area contributed by atoms with E-state index in [1.165, 1.54) is 32.3 Å². The molecule has 5 rings (SSSR count). The Morgan fingerprint density at radius 2 is 1.09 bits per heavy atom. The van der Waals surface area contributed by atoms with Crippen LogP contribution in [0.3, 0.4) is 0 Å². The SMILES string of the molecule is c1ccc2cc3cc4cc5nnncc5cc4cc3cc2c1. The highest BCUT2D eigenvalue weighted by Gasteiger charge is 2.03. The second kappa shape index (κ2) is 4.21. The maximum absolute atomic E-state index is 4.10. The van der Waals surface area contributed by atoms with E-state index >= 15 is 0 Å². The normalized spacial score (nSPS) is 11.6. The zero-order chi connectivity index (χ0) is 14.5. The molecule has 0 atom stereocenters. The minimum Gasteiger partial charge on any atom is -0.138 e. The Hall–Kier alpha value is -3.07. The van der Waals surface area contributed by atoms with E-state index in [0.29, 0.717) is 0 Å². The van der Waals surface area contributed by atoms with Crippen molar-refractivity contribution in [2.75, 3.05) is 0 Å². The second-order valence-corrected chi connectivity index (χ2v) is 5.59. The van der Waals surface area contributed by atoms with Crippen LogP contribution in [0.1, 0.15) is 0 Å². The number of nitrogens with zero attached hydrogens (tertiary/aromatic N) is 3. The molecule has 22 heavy (non-hydrogen) atoms. The first kappa shape index (κ1) is 11.6. The minimum atomic E-state index is 0.877. The van der Waals surface area contributed by atoms with Crippen molar-refractivity contribution in [2.45, 2.75) is 0 Å². The Kier molecular flexibility index (Phi) is 2.22. The van der Waals surface area contributed by atoms with Gasteiger partial charge in [-0.2, -0.15) is 0 Å². The predicted molar refractivity (Wildman–Crippen MR) is 89.9 cm³/mol. The van der Waals surface area contributed by atoms with Crippen LogP contribution in [0.5, 0.6) is 0 Å². The zero-order valence-electron chi connectivity index (χ0n) is 11.7. The standard InChI is InChI=1S/C19H11N3/c1-2-4-13-6-15-8-17-10-19-18(11-20-22-21-19)9-16(17)7-14(15)5-12(13)3-1/h1-11H. The molecule has 0 amide bonds. The third-order valence-corrected chi connectivity index (χ3v) is 4.21. The number of hydrogen-bond acceptors (Lipinski definition) is 3. The lowest BCUT2D eigenvalue weighted by Crippen LogP contribution is -1.87. The maximum atomic E-state index is 4.10. The van der Waals surface area contributed by atoms with Crippen LogP contribution in [0.4, 0.5) is 0 Å². The van der Waals surface area contributed by atoms with Gasteiger partial charge in [-0.05, 0) is 73.9 Å². The Morgan fingerprint density at radius 3 is 1.77 bits per heavy atom. The summed E-state index contributed by atoms with van der Waals surface area (Å²) >= 11 is 0. The van der Waals surface area contributed by atoms with Crippen molar-refractivity contribution in [3.05, 3.63) is 66.9 Å². The van der Waals surface area contributed by atoms with Crippen LogP contribution in [-0.4, -0.2) is 15.4 Å². The lowest BCUT2D eigenvalue weighted by Gasteiger charge is -2.06. The van der Waals surface area contributed by atoms with Crippen LogP contribution in [0.2, 0.25) is 0 Å². The first-order chi connectivity index (χ1) is 10.9. The van der Waals surface area contributed by atoms with Gasteiger partial charge < -0.3 is 0 Å². The Labute approximate surface area is 126 Å². The highest BCUT2D eigenvalue weighted by molar-refractivity contribution is 6.07. The van der Waals surface area contributed by atoms with E-state index in [1.54, 1.807) is 6.20 Å². The summed E-state index contributed by atoms with van der Waals surface area (Å²) in [5, 5.41) is 20.1. The number of benzene rings is 4. The summed E-state index contributed by atoms with van der Waals surface area (Å²) in [6, 6.07) is 21.6. The monoisotopic (exact) mass is 281 g/mol. The molecule has 5 aromatic rings. The number of hydrogen-bond donors (Lipinski definition) is 0. The van der Waals surface area contributed by atoms with E-state index in [2.05, 4.69) is 76.1 Å². The number of aromatic nitrogens is 3. The van der Waals surface area contributed by atoms with Crippen molar-refractivity contribution in [3.8, 4) is 0 Å². The van der Waals surface area contributed by atoms with Gasteiger partial charge in [0.05, 0.1) is 11.7 Å². The summed E-state index contributed by atoms with van der Waals surface area (Å²) in [4.78, 5) is 0. The van der Waals surface area contributed by atoms with Crippen molar-refractivity contribution < 1.29 is 0 Å². The Morgan fingerprint density at radius 1 is 0.545 bits per heavy atom. The summed E-state index contributed by atoms with van der Waals surface area (Å²) in [5.41, 5.74) is 0.877. The molecular formula is C19H11N3. The lowest BCUT2D eigenvalue weighted by atomic mass is 9.99. The summed E-state index contributed by atoms with van der Waals surface area (Å²) in [5.74, 6) is 0. The molecule has 0 unspecified atom stereocenters. The first-order valence-corrected chi connectivity index (χ1v) is 7.21. The molecule has 0 N–H and O–H groups in total. The highest BCUT2D eigenvalue weighted by atomic mass is 15.3. The molecule has 0 aliphatic carbocycles. The summed E-state index contributed by atoms with van der Waals surface area (Å²) in [6.07, 6.45) is 1.76. The molecule has 0 bridgehead atoms. The first-order valence-electron chi connectivity index (χ1n) is 7.21. The van der Waals surface area contributed by atoms with E-state index in [9.17, 15) is 0 Å². The Bertz CT molecular complexity index is 995. The summed E-state index contributed by atoms with van der Waals surface area (Å²) < 4.78 is 0. The molecule has 4 aromatic carbocycles. The third-order valence-electron chi connectivity index (χ3n) is 4.21. The Balaban J connectivity index is 1.93. The molecule has 0 spiro atoms. The van der Waals surface area contributed by atoms with Crippen LogP contribution in [0, 0.1) is 0 Å². The van der Waals surface area contributed by atoms with Crippen LogP contribution >= 0.6 is 0 Å². The van der Waals surface area contributed by atoms with Crippen molar-refractivity contribution in [2.24, 2.45) is 0 Å². The number of fused-ring (bicyclic) bond motifs is 4. The van der Waals surface area contributed by atoms with E-state index in [1.807, 2.05) is 0 Å². The molecule has 102 valence electrons. The van der Waals surface area contributed by atoms with Gasteiger partial charge in [-0.3, -0.25) is 0 Å². The molecule has 1 heterocycles. The third kappa shape index (κ3) is 1.66. The molecule has 0 aliphatic heterocycles. The fraction of sp³-hybridized carbons (Fsp3) is 0. The van der Waals surface area contributed by atoms with Crippen molar-refractivity contribution in [1.82, 2.24) is 15.4 Å². The van der Waals surface area contributed by atoms with Gasteiger partial charge in [0.1, 0.15) is 0 Å². The highest BCUT2D eigenvalue weighted by Crippen LogP contribution is 2.29.